The van der Waals surface area contributed by atoms with Crippen LogP contribution < -0.4 is 14.4 Å². The van der Waals surface area contributed by atoms with Crippen LogP contribution in [0.15, 0.2) is 76.4 Å². The van der Waals surface area contributed by atoms with Gasteiger partial charge in [-0.25, -0.2) is 4.98 Å². The summed E-state index contributed by atoms with van der Waals surface area (Å²) in [6.07, 6.45) is -6.65. The Bertz CT molecular complexity index is 1630. The monoisotopic (exact) mass is 634 g/mol. The molecule has 2 aliphatic rings. The van der Waals surface area contributed by atoms with Crippen LogP contribution >= 0.6 is 11.8 Å². The fourth-order valence-electron chi connectivity index (χ4n) is 4.53. The SMILES string of the molecule is COc1cc(C=C=C2SC(N3CCN(c4ccccn4)CC3)=NC2=O)ccc1OCc1ccc(C(F)(F)F)cc1C(F)(F)F. The summed E-state index contributed by atoms with van der Waals surface area (Å²) in [4.78, 5) is 25.6. The molecule has 0 radical (unpaired) electrons. The number of methoxy groups -OCH3 is 1. The molecule has 0 spiro atoms. The van der Waals surface area contributed by atoms with E-state index in [1.165, 1.54) is 31.0 Å². The lowest BCUT2D eigenvalue weighted by Gasteiger charge is -2.35. The Hall–Kier alpha value is -4.42. The van der Waals surface area contributed by atoms with Crippen LogP contribution in [-0.2, 0) is 23.8 Å². The number of thioether (sulfide) groups is 1. The van der Waals surface area contributed by atoms with E-state index in [-0.39, 0.29) is 17.6 Å². The highest BCUT2D eigenvalue weighted by Gasteiger charge is 2.38. The second kappa shape index (κ2) is 12.7. The number of aromatic nitrogens is 1. The topological polar surface area (TPSA) is 67.3 Å². The van der Waals surface area contributed by atoms with Crippen molar-refractivity contribution in [1.29, 1.82) is 0 Å². The normalized spacial score (nSPS) is 15.7. The zero-order chi connectivity index (χ0) is 31.5. The number of piperazine rings is 1. The number of aliphatic imine (C=N–C) groups is 1. The molecule has 7 nitrogen and oxygen atoms in total. The minimum atomic E-state index is -5.01. The first-order valence-electron chi connectivity index (χ1n) is 13.2. The van der Waals surface area contributed by atoms with Crippen LogP contribution in [0, 0.1) is 0 Å². The summed E-state index contributed by atoms with van der Waals surface area (Å²) in [5.74, 6) is 0.717. The minimum Gasteiger partial charge on any atom is -0.493 e. The van der Waals surface area contributed by atoms with Gasteiger partial charge in [-0.3, -0.25) is 4.79 Å². The van der Waals surface area contributed by atoms with Crippen molar-refractivity contribution in [1.82, 2.24) is 9.88 Å². The number of halogens is 6. The second-order valence-electron chi connectivity index (χ2n) is 9.65. The number of anilines is 1. The third-order valence-electron chi connectivity index (χ3n) is 6.79. The van der Waals surface area contributed by atoms with Crippen molar-refractivity contribution in [2.75, 3.05) is 38.2 Å². The molecule has 0 N–H and O–H groups in total. The van der Waals surface area contributed by atoms with E-state index in [0.29, 0.717) is 34.8 Å². The Morgan fingerprint density at radius 3 is 2.34 bits per heavy atom. The summed E-state index contributed by atoms with van der Waals surface area (Å²) < 4.78 is 90.2. The van der Waals surface area contributed by atoms with Crippen molar-refractivity contribution in [2.24, 2.45) is 4.99 Å². The maximum Gasteiger partial charge on any atom is 0.416 e. The Morgan fingerprint density at radius 2 is 1.68 bits per heavy atom. The zero-order valence-corrected chi connectivity index (χ0v) is 23.9. The summed E-state index contributed by atoms with van der Waals surface area (Å²) in [5, 5.41) is 0.592. The molecule has 3 aromatic rings. The van der Waals surface area contributed by atoms with Gasteiger partial charge in [0.1, 0.15) is 17.3 Å². The molecule has 0 bridgehead atoms. The first-order chi connectivity index (χ1) is 20.9. The molecule has 3 heterocycles. The zero-order valence-electron chi connectivity index (χ0n) is 23.1. The van der Waals surface area contributed by atoms with Crippen molar-refractivity contribution in [3.05, 3.63) is 93.7 Å². The van der Waals surface area contributed by atoms with Crippen molar-refractivity contribution in [3.63, 3.8) is 0 Å². The van der Waals surface area contributed by atoms with Crippen molar-refractivity contribution in [3.8, 4) is 11.5 Å². The third kappa shape index (κ3) is 7.20. The van der Waals surface area contributed by atoms with Gasteiger partial charge in [0.2, 0.25) is 0 Å². The maximum absolute atomic E-state index is 13.5. The average molecular weight is 635 g/mol. The number of benzene rings is 2. The van der Waals surface area contributed by atoms with Gasteiger partial charge >= 0.3 is 12.4 Å². The molecule has 2 aromatic carbocycles. The van der Waals surface area contributed by atoms with Crippen molar-refractivity contribution >= 4 is 34.7 Å². The summed E-state index contributed by atoms with van der Waals surface area (Å²) in [5.41, 5.74) is 0.196. The molecule has 0 saturated carbocycles. The molecular formula is C30H24F6N4O3S. The Kier molecular flexibility index (Phi) is 8.93. The third-order valence-corrected chi connectivity index (χ3v) is 7.82. The lowest BCUT2D eigenvalue weighted by molar-refractivity contribution is -0.143. The molecule has 44 heavy (non-hydrogen) atoms. The number of ether oxygens (including phenoxy) is 2. The van der Waals surface area contributed by atoms with Crippen LogP contribution in [0.25, 0.3) is 6.08 Å². The Balaban J connectivity index is 1.24. The van der Waals surface area contributed by atoms with Gasteiger partial charge in [0.25, 0.3) is 5.91 Å². The summed E-state index contributed by atoms with van der Waals surface area (Å²) >= 11 is 1.21. The molecule has 230 valence electrons. The first-order valence-corrected chi connectivity index (χ1v) is 14.0. The highest BCUT2D eigenvalue weighted by atomic mass is 32.2. The van der Waals surface area contributed by atoms with Crippen LogP contribution in [0.2, 0.25) is 0 Å². The number of pyridine rings is 1. The van der Waals surface area contributed by atoms with Gasteiger partial charge in [-0.15, -0.1) is 0 Å². The molecule has 2 aliphatic heterocycles. The minimum absolute atomic E-state index is 0.0664. The number of rotatable bonds is 6. The van der Waals surface area contributed by atoms with E-state index in [2.05, 4.69) is 20.6 Å². The van der Waals surface area contributed by atoms with Crippen LogP contribution in [0.5, 0.6) is 11.5 Å². The van der Waals surface area contributed by atoms with E-state index in [9.17, 15) is 31.1 Å². The second-order valence-corrected chi connectivity index (χ2v) is 10.6. The molecule has 0 unspecified atom stereocenters. The lowest BCUT2D eigenvalue weighted by Crippen LogP contribution is -2.48. The van der Waals surface area contributed by atoms with Crippen LogP contribution in [0.3, 0.4) is 0 Å². The molecule has 1 amide bonds. The Labute approximate surface area is 252 Å². The molecule has 1 aromatic heterocycles. The van der Waals surface area contributed by atoms with E-state index in [0.717, 1.165) is 25.0 Å². The number of amidine groups is 1. The fourth-order valence-corrected chi connectivity index (χ4v) is 5.40. The van der Waals surface area contributed by atoms with E-state index < -0.39 is 41.6 Å². The maximum atomic E-state index is 13.5. The summed E-state index contributed by atoms with van der Waals surface area (Å²) in [6, 6.07) is 11.7. The largest absolute Gasteiger partial charge is 0.493 e. The number of alkyl halides is 6. The molecule has 1 saturated heterocycles. The number of hydrogen-bond acceptors (Lipinski definition) is 7. The van der Waals surface area contributed by atoms with Crippen LogP contribution in [-0.4, -0.2) is 54.2 Å². The first kappa shape index (κ1) is 31.0. The molecule has 0 aliphatic carbocycles. The lowest BCUT2D eigenvalue weighted by atomic mass is 10.0. The molecule has 5 rings (SSSR count). The molecular weight excluding hydrogens is 610 g/mol. The quantitative estimate of drug-likeness (QED) is 0.171. The predicted octanol–water partition coefficient (Wildman–Crippen LogP) is 6.65. The van der Waals surface area contributed by atoms with Gasteiger partial charge in [0, 0.05) is 37.9 Å². The standard InChI is InChI=1S/C30H24F6N4O3S/c1-42-24-16-19(5-9-23(24)43-18-20-7-8-21(29(31,32)33)17-22(20)30(34,35)36)6-10-25-27(41)38-28(44-25)40-14-12-39(13-15-40)26-4-2-3-11-37-26/h2-9,11,16-17H,12-15,18H2,1H3. The van der Waals surface area contributed by atoms with Gasteiger partial charge in [-0.1, -0.05) is 23.9 Å². The van der Waals surface area contributed by atoms with Gasteiger partial charge in [-0.05, 0) is 59.8 Å². The van der Waals surface area contributed by atoms with Gasteiger partial charge in [0.15, 0.2) is 16.7 Å². The number of nitrogens with zero attached hydrogens (tertiary/aromatic N) is 4. The Morgan fingerprint density at radius 1 is 0.932 bits per heavy atom. The summed E-state index contributed by atoms with van der Waals surface area (Å²) in [6.45, 7) is 2.14. The van der Waals surface area contributed by atoms with Gasteiger partial charge < -0.3 is 19.3 Å². The van der Waals surface area contributed by atoms with Crippen molar-refractivity contribution in [2.45, 2.75) is 19.0 Å². The fraction of sp³-hybridized carbons (Fsp3) is 0.267. The summed E-state index contributed by atoms with van der Waals surface area (Å²) in [7, 11) is 1.33. The van der Waals surface area contributed by atoms with Crippen molar-refractivity contribution < 1.29 is 40.6 Å². The number of amides is 1. The highest BCUT2D eigenvalue weighted by Crippen LogP contribution is 2.38. The van der Waals surface area contributed by atoms with Crippen LogP contribution in [0.4, 0.5) is 32.2 Å². The van der Waals surface area contributed by atoms with Gasteiger partial charge in [0.05, 0.1) is 18.2 Å². The van der Waals surface area contributed by atoms with E-state index >= 15 is 0 Å². The predicted molar refractivity (Wildman–Crippen MR) is 153 cm³/mol. The molecule has 0 atom stereocenters. The van der Waals surface area contributed by atoms with Crippen LogP contribution in [0.1, 0.15) is 22.3 Å². The van der Waals surface area contributed by atoms with E-state index in [1.54, 1.807) is 18.3 Å². The number of carbonyl (C=O) groups excluding carboxylic acids is 1. The highest BCUT2D eigenvalue weighted by molar-refractivity contribution is 8.18. The number of carbonyl (C=O) groups is 1. The smallest absolute Gasteiger partial charge is 0.416 e. The van der Waals surface area contributed by atoms with Gasteiger partial charge in [-0.2, -0.15) is 31.3 Å². The molecule has 14 heteroatoms. The molecule has 1 fully saturated rings. The number of hydrogen-bond donors (Lipinski definition) is 0. The van der Waals surface area contributed by atoms with E-state index in [4.69, 9.17) is 9.47 Å². The average Bonchev–Trinajstić information content (AvgIpc) is 3.38. The van der Waals surface area contributed by atoms with E-state index in [1.807, 2.05) is 23.1 Å².